The molecule has 1 heterocycles. The Labute approximate surface area is 107 Å². The van der Waals surface area contributed by atoms with Gasteiger partial charge in [-0.15, -0.1) is 11.3 Å². The molecule has 0 saturated heterocycles. The van der Waals surface area contributed by atoms with Crippen LogP contribution in [0.25, 0.3) is 0 Å². The molecular formula is C11H15F3N2OS. The van der Waals surface area contributed by atoms with Gasteiger partial charge in [0.25, 0.3) is 0 Å². The monoisotopic (exact) mass is 280 g/mol. The van der Waals surface area contributed by atoms with E-state index in [-0.39, 0.29) is 6.54 Å². The van der Waals surface area contributed by atoms with Gasteiger partial charge < -0.3 is 10.6 Å². The first-order chi connectivity index (χ1) is 8.35. The molecule has 1 unspecified atom stereocenters. The van der Waals surface area contributed by atoms with Crippen molar-refractivity contribution in [1.29, 1.82) is 0 Å². The summed E-state index contributed by atoms with van der Waals surface area (Å²) < 4.78 is 37.1. The molecule has 0 spiro atoms. The molecule has 1 aromatic heterocycles. The molecule has 0 radical (unpaired) electrons. The Kier molecular flexibility index (Phi) is 5.15. The van der Waals surface area contributed by atoms with Crippen molar-refractivity contribution in [3.63, 3.8) is 0 Å². The van der Waals surface area contributed by atoms with Crippen LogP contribution < -0.4 is 5.73 Å². The van der Waals surface area contributed by atoms with E-state index < -0.39 is 24.7 Å². The van der Waals surface area contributed by atoms with Gasteiger partial charge in [-0.1, -0.05) is 13.0 Å². The minimum Gasteiger partial charge on any atom is -0.332 e. The molecule has 102 valence electrons. The van der Waals surface area contributed by atoms with Crippen LogP contribution in [0.5, 0.6) is 0 Å². The fourth-order valence-corrected chi connectivity index (χ4v) is 2.26. The Balaban J connectivity index is 2.76. The standard InChI is InChI=1S/C11H15F3N2OS/c1-2-5-16(7-11(12,13)14)10(17)9(15)8-4-3-6-18-8/h3-4,6,9H,2,5,7,15H2,1H3. The SMILES string of the molecule is CCCN(CC(F)(F)F)C(=O)C(N)c1cccs1. The summed E-state index contributed by atoms with van der Waals surface area (Å²) in [6, 6.07) is 2.34. The summed E-state index contributed by atoms with van der Waals surface area (Å²) >= 11 is 1.26. The smallest absolute Gasteiger partial charge is 0.332 e. The van der Waals surface area contributed by atoms with Crippen LogP contribution >= 0.6 is 11.3 Å². The third-order valence-electron chi connectivity index (χ3n) is 2.29. The average molecular weight is 280 g/mol. The van der Waals surface area contributed by atoms with Crippen molar-refractivity contribution >= 4 is 17.2 Å². The summed E-state index contributed by atoms with van der Waals surface area (Å²) in [4.78, 5) is 13.3. The van der Waals surface area contributed by atoms with E-state index in [1.165, 1.54) is 11.3 Å². The molecule has 1 atom stereocenters. The van der Waals surface area contributed by atoms with Crippen LogP contribution in [0, 0.1) is 0 Å². The first kappa shape index (κ1) is 15.0. The lowest BCUT2D eigenvalue weighted by atomic mass is 10.2. The van der Waals surface area contributed by atoms with E-state index in [4.69, 9.17) is 5.73 Å². The second-order valence-electron chi connectivity index (χ2n) is 3.87. The van der Waals surface area contributed by atoms with Crippen LogP contribution in [0.1, 0.15) is 24.3 Å². The fourth-order valence-electron chi connectivity index (χ4n) is 1.54. The lowest BCUT2D eigenvalue weighted by Crippen LogP contribution is -2.43. The summed E-state index contributed by atoms with van der Waals surface area (Å²) in [6.07, 6.45) is -3.95. The average Bonchev–Trinajstić information content (AvgIpc) is 2.78. The molecule has 1 aromatic rings. The Bertz CT molecular complexity index is 378. The Hall–Kier alpha value is -1.08. The maximum Gasteiger partial charge on any atom is 0.406 e. The molecule has 0 aliphatic carbocycles. The molecule has 2 N–H and O–H groups in total. The van der Waals surface area contributed by atoms with E-state index in [0.29, 0.717) is 11.3 Å². The predicted octanol–water partition coefficient (Wildman–Crippen LogP) is 2.55. The normalized spacial score (nSPS) is 13.4. The van der Waals surface area contributed by atoms with Gasteiger partial charge in [-0.2, -0.15) is 13.2 Å². The summed E-state index contributed by atoms with van der Waals surface area (Å²) in [5.41, 5.74) is 5.68. The van der Waals surface area contributed by atoms with E-state index in [1.807, 2.05) is 0 Å². The van der Waals surface area contributed by atoms with Crippen LogP contribution in [-0.2, 0) is 4.79 Å². The number of nitrogens with two attached hydrogens (primary N) is 1. The van der Waals surface area contributed by atoms with E-state index in [0.717, 1.165) is 4.90 Å². The van der Waals surface area contributed by atoms with E-state index in [1.54, 1.807) is 24.4 Å². The largest absolute Gasteiger partial charge is 0.406 e. The summed E-state index contributed by atoms with van der Waals surface area (Å²) in [5.74, 6) is -0.684. The predicted molar refractivity (Wildman–Crippen MR) is 64.2 cm³/mol. The van der Waals surface area contributed by atoms with Crippen LogP contribution in [0.2, 0.25) is 0 Å². The minimum atomic E-state index is -4.40. The topological polar surface area (TPSA) is 46.3 Å². The van der Waals surface area contributed by atoms with Crippen molar-refractivity contribution in [3.05, 3.63) is 22.4 Å². The maximum atomic E-state index is 12.4. The molecule has 0 aliphatic heterocycles. The van der Waals surface area contributed by atoms with Crippen LogP contribution in [0.3, 0.4) is 0 Å². The van der Waals surface area contributed by atoms with Gasteiger partial charge in [0, 0.05) is 11.4 Å². The molecule has 1 amide bonds. The minimum absolute atomic E-state index is 0.0530. The van der Waals surface area contributed by atoms with Crippen molar-refractivity contribution < 1.29 is 18.0 Å². The second kappa shape index (κ2) is 6.19. The van der Waals surface area contributed by atoms with Gasteiger partial charge in [0.2, 0.25) is 5.91 Å². The lowest BCUT2D eigenvalue weighted by Gasteiger charge is -2.25. The van der Waals surface area contributed by atoms with Crippen molar-refractivity contribution in [3.8, 4) is 0 Å². The number of hydrogen-bond acceptors (Lipinski definition) is 3. The molecule has 7 heteroatoms. The molecule has 0 aliphatic rings. The number of carbonyl (C=O) groups is 1. The van der Waals surface area contributed by atoms with Crippen molar-refractivity contribution in [2.45, 2.75) is 25.6 Å². The van der Waals surface area contributed by atoms with Gasteiger partial charge in [-0.3, -0.25) is 4.79 Å². The number of rotatable bonds is 5. The molecule has 1 rings (SSSR count). The van der Waals surface area contributed by atoms with Gasteiger partial charge in [-0.25, -0.2) is 0 Å². The molecular weight excluding hydrogens is 265 g/mol. The molecule has 0 aromatic carbocycles. The van der Waals surface area contributed by atoms with E-state index in [9.17, 15) is 18.0 Å². The number of halogens is 3. The number of alkyl halides is 3. The second-order valence-corrected chi connectivity index (χ2v) is 4.85. The maximum absolute atomic E-state index is 12.4. The third-order valence-corrected chi connectivity index (χ3v) is 3.25. The van der Waals surface area contributed by atoms with Gasteiger partial charge in [0.05, 0.1) is 0 Å². The number of carbonyl (C=O) groups excluding carboxylic acids is 1. The summed E-state index contributed by atoms with van der Waals surface area (Å²) in [7, 11) is 0. The molecule has 18 heavy (non-hydrogen) atoms. The van der Waals surface area contributed by atoms with Crippen LogP contribution in [-0.4, -0.2) is 30.1 Å². The van der Waals surface area contributed by atoms with Gasteiger partial charge in [0.15, 0.2) is 0 Å². The highest BCUT2D eigenvalue weighted by atomic mass is 32.1. The molecule has 0 bridgehead atoms. The zero-order chi connectivity index (χ0) is 13.8. The van der Waals surface area contributed by atoms with E-state index >= 15 is 0 Å². The van der Waals surface area contributed by atoms with E-state index in [2.05, 4.69) is 0 Å². The fraction of sp³-hybridized carbons (Fsp3) is 0.545. The Morgan fingerprint density at radius 1 is 1.56 bits per heavy atom. The quantitative estimate of drug-likeness (QED) is 0.901. The summed E-state index contributed by atoms with van der Waals surface area (Å²) in [6.45, 7) is 0.517. The number of nitrogens with zero attached hydrogens (tertiary/aromatic N) is 1. The zero-order valence-corrected chi connectivity index (χ0v) is 10.7. The number of hydrogen-bond donors (Lipinski definition) is 1. The number of amides is 1. The van der Waals surface area contributed by atoms with Crippen LogP contribution in [0.4, 0.5) is 13.2 Å². The number of thiophene rings is 1. The zero-order valence-electron chi connectivity index (χ0n) is 9.91. The van der Waals surface area contributed by atoms with Gasteiger partial charge >= 0.3 is 6.18 Å². The first-order valence-electron chi connectivity index (χ1n) is 5.49. The molecule has 0 fully saturated rings. The Morgan fingerprint density at radius 2 is 2.22 bits per heavy atom. The molecule has 0 saturated carbocycles. The van der Waals surface area contributed by atoms with Gasteiger partial charge in [-0.05, 0) is 17.9 Å². The Morgan fingerprint density at radius 3 is 2.67 bits per heavy atom. The van der Waals surface area contributed by atoms with Crippen molar-refractivity contribution in [1.82, 2.24) is 4.90 Å². The third kappa shape index (κ3) is 4.30. The highest BCUT2D eigenvalue weighted by molar-refractivity contribution is 7.10. The highest BCUT2D eigenvalue weighted by Gasteiger charge is 2.34. The highest BCUT2D eigenvalue weighted by Crippen LogP contribution is 2.22. The lowest BCUT2D eigenvalue weighted by molar-refractivity contribution is -0.162. The van der Waals surface area contributed by atoms with Crippen LogP contribution in [0.15, 0.2) is 17.5 Å². The first-order valence-corrected chi connectivity index (χ1v) is 6.37. The van der Waals surface area contributed by atoms with Crippen molar-refractivity contribution in [2.75, 3.05) is 13.1 Å². The molecule has 3 nitrogen and oxygen atoms in total. The summed E-state index contributed by atoms with van der Waals surface area (Å²) in [5, 5.41) is 1.73. The van der Waals surface area contributed by atoms with Crippen molar-refractivity contribution in [2.24, 2.45) is 5.73 Å². The van der Waals surface area contributed by atoms with Gasteiger partial charge in [0.1, 0.15) is 12.6 Å².